The lowest BCUT2D eigenvalue weighted by Gasteiger charge is -2.15. The molecule has 0 amide bonds. The van der Waals surface area contributed by atoms with Crippen molar-refractivity contribution in [2.45, 2.75) is 13.8 Å². The number of nitrogens with zero attached hydrogens (tertiary/aromatic N) is 4. The summed E-state index contributed by atoms with van der Waals surface area (Å²) in [5.74, 6) is 3.49. The van der Waals surface area contributed by atoms with E-state index in [1.165, 1.54) is 0 Å². The lowest BCUT2D eigenvalue weighted by Crippen LogP contribution is -2.04. The standard InChI is InChI=1S/C22H23N5O3/c1-13-7-6-8-15(9-13)21-25-22-23-14(2)10-19(27(22)26-21)24-16-11-17(28-3)20(30-5)18(12-16)29-4/h6-12,24H,1-5H3. The Balaban J connectivity index is 1.80. The third-order valence-electron chi connectivity index (χ3n) is 4.65. The average Bonchev–Trinajstić information content (AvgIpc) is 3.17. The highest BCUT2D eigenvalue weighted by Crippen LogP contribution is 2.40. The number of hydrogen-bond donors (Lipinski definition) is 1. The van der Waals surface area contributed by atoms with Crippen molar-refractivity contribution in [3.05, 3.63) is 53.7 Å². The molecule has 154 valence electrons. The smallest absolute Gasteiger partial charge is 0.254 e. The fourth-order valence-corrected chi connectivity index (χ4v) is 3.28. The van der Waals surface area contributed by atoms with Gasteiger partial charge in [0.05, 0.1) is 21.3 Å². The van der Waals surface area contributed by atoms with E-state index < -0.39 is 0 Å². The highest BCUT2D eigenvalue weighted by Gasteiger charge is 2.16. The minimum Gasteiger partial charge on any atom is -0.493 e. The number of methoxy groups -OCH3 is 3. The molecule has 0 unspecified atom stereocenters. The summed E-state index contributed by atoms with van der Waals surface area (Å²) >= 11 is 0. The third kappa shape index (κ3) is 3.59. The predicted octanol–water partition coefficient (Wildman–Crippen LogP) is 4.18. The molecule has 0 aliphatic rings. The Morgan fingerprint density at radius 1 is 0.867 bits per heavy atom. The second-order valence-electron chi connectivity index (χ2n) is 6.84. The van der Waals surface area contributed by atoms with E-state index in [1.54, 1.807) is 25.8 Å². The van der Waals surface area contributed by atoms with E-state index in [-0.39, 0.29) is 0 Å². The van der Waals surface area contributed by atoms with Gasteiger partial charge in [-0.3, -0.25) is 0 Å². The summed E-state index contributed by atoms with van der Waals surface area (Å²) in [5, 5.41) is 8.04. The molecule has 8 heteroatoms. The van der Waals surface area contributed by atoms with E-state index in [2.05, 4.69) is 20.4 Å². The predicted molar refractivity (Wildman–Crippen MR) is 115 cm³/mol. The summed E-state index contributed by atoms with van der Waals surface area (Å²) in [6.07, 6.45) is 0. The molecule has 30 heavy (non-hydrogen) atoms. The second-order valence-corrected chi connectivity index (χ2v) is 6.84. The highest BCUT2D eigenvalue weighted by molar-refractivity contribution is 5.68. The molecular formula is C22H23N5O3. The van der Waals surface area contributed by atoms with Crippen molar-refractivity contribution in [1.29, 1.82) is 0 Å². The quantitative estimate of drug-likeness (QED) is 0.515. The molecule has 0 spiro atoms. The van der Waals surface area contributed by atoms with Gasteiger partial charge in [0.2, 0.25) is 5.75 Å². The van der Waals surface area contributed by atoms with E-state index in [0.29, 0.717) is 28.9 Å². The van der Waals surface area contributed by atoms with Crippen LogP contribution in [0.15, 0.2) is 42.5 Å². The van der Waals surface area contributed by atoms with Crippen molar-refractivity contribution in [2.75, 3.05) is 26.6 Å². The molecule has 1 N–H and O–H groups in total. The number of benzene rings is 2. The Hall–Kier alpha value is -3.81. The molecule has 0 radical (unpaired) electrons. The molecule has 0 bridgehead atoms. The van der Waals surface area contributed by atoms with Crippen LogP contribution in [0.3, 0.4) is 0 Å². The van der Waals surface area contributed by atoms with Crippen LogP contribution >= 0.6 is 0 Å². The Morgan fingerprint density at radius 3 is 2.23 bits per heavy atom. The maximum absolute atomic E-state index is 5.45. The van der Waals surface area contributed by atoms with Gasteiger partial charge in [0, 0.05) is 35.1 Å². The number of nitrogens with one attached hydrogen (secondary N) is 1. The fourth-order valence-electron chi connectivity index (χ4n) is 3.28. The molecule has 2 aromatic heterocycles. The van der Waals surface area contributed by atoms with Gasteiger partial charge in [-0.1, -0.05) is 23.8 Å². The summed E-state index contributed by atoms with van der Waals surface area (Å²) in [5.41, 5.74) is 3.66. The first-order valence-corrected chi connectivity index (χ1v) is 9.41. The van der Waals surface area contributed by atoms with Crippen molar-refractivity contribution in [3.8, 4) is 28.6 Å². The van der Waals surface area contributed by atoms with Gasteiger partial charge in [0.15, 0.2) is 17.3 Å². The zero-order valence-corrected chi connectivity index (χ0v) is 17.6. The van der Waals surface area contributed by atoms with Gasteiger partial charge in [-0.2, -0.15) is 9.50 Å². The normalized spacial score (nSPS) is 10.8. The van der Waals surface area contributed by atoms with Crippen LogP contribution in [0.5, 0.6) is 17.2 Å². The van der Waals surface area contributed by atoms with Gasteiger partial charge in [-0.15, -0.1) is 5.10 Å². The summed E-state index contributed by atoms with van der Waals surface area (Å²) in [4.78, 5) is 9.13. The van der Waals surface area contributed by atoms with E-state index in [0.717, 1.165) is 28.3 Å². The minimum absolute atomic E-state index is 0.515. The Morgan fingerprint density at radius 2 is 1.60 bits per heavy atom. The lowest BCUT2D eigenvalue weighted by molar-refractivity contribution is 0.324. The van der Waals surface area contributed by atoms with Crippen molar-refractivity contribution in [1.82, 2.24) is 19.6 Å². The van der Waals surface area contributed by atoms with Crippen LogP contribution in [0.4, 0.5) is 11.5 Å². The van der Waals surface area contributed by atoms with Gasteiger partial charge < -0.3 is 19.5 Å². The Labute approximate surface area is 174 Å². The summed E-state index contributed by atoms with van der Waals surface area (Å²) in [6, 6.07) is 13.6. The first-order valence-electron chi connectivity index (χ1n) is 9.41. The van der Waals surface area contributed by atoms with Crippen LogP contribution in [0.2, 0.25) is 0 Å². The van der Waals surface area contributed by atoms with Gasteiger partial charge >= 0.3 is 0 Å². The van der Waals surface area contributed by atoms with E-state index in [4.69, 9.17) is 14.2 Å². The lowest BCUT2D eigenvalue weighted by atomic mass is 10.1. The first kappa shape index (κ1) is 19.5. The molecule has 4 rings (SSSR count). The molecule has 0 saturated carbocycles. The van der Waals surface area contributed by atoms with Crippen LogP contribution < -0.4 is 19.5 Å². The molecule has 0 atom stereocenters. The SMILES string of the molecule is COc1cc(Nc2cc(C)nc3nc(-c4cccc(C)c4)nn23)cc(OC)c1OC. The van der Waals surface area contributed by atoms with Crippen LogP contribution in [0.25, 0.3) is 17.2 Å². The summed E-state index contributed by atoms with van der Waals surface area (Å²) < 4.78 is 18.0. The summed E-state index contributed by atoms with van der Waals surface area (Å²) in [6.45, 7) is 3.96. The highest BCUT2D eigenvalue weighted by atomic mass is 16.5. The molecule has 0 aliphatic carbocycles. The number of aromatic nitrogens is 4. The maximum atomic E-state index is 5.45. The zero-order valence-electron chi connectivity index (χ0n) is 17.6. The molecule has 2 heterocycles. The molecular weight excluding hydrogens is 382 g/mol. The number of fused-ring (bicyclic) bond motifs is 1. The second kappa shape index (κ2) is 7.90. The Bertz CT molecular complexity index is 1190. The number of hydrogen-bond acceptors (Lipinski definition) is 7. The molecule has 0 aliphatic heterocycles. The monoisotopic (exact) mass is 405 g/mol. The number of aryl methyl sites for hydroxylation is 2. The van der Waals surface area contributed by atoms with Crippen LogP contribution in [-0.4, -0.2) is 40.9 Å². The van der Waals surface area contributed by atoms with Gasteiger partial charge in [0.25, 0.3) is 5.78 Å². The van der Waals surface area contributed by atoms with Crippen LogP contribution in [-0.2, 0) is 0 Å². The van der Waals surface area contributed by atoms with E-state index >= 15 is 0 Å². The molecule has 0 saturated heterocycles. The van der Waals surface area contributed by atoms with Crippen molar-refractivity contribution in [2.24, 2.45) is 0 Å². The van der Waals surface area contributed by atoms with Crippen LogP contribution in [0, 0.1) is 13.8 Å². The van der Waals surface area contributed by atoms with Gasteiger partial charge in [-0.05, 0) is 19.9 Å². The fraction of sp³-hybridized carbons (Fsp3) is 0.227. The number of anilines is 2. The van der Waals surface area contributed by atoms with Gasteiger partial charge in [-0.25, -0.2) is 4.98 Å². The molecule has 2 aromatic carbocycles. The van der Waals surface area contributed by atoms with Crippen LogP contribution in [0.1, 0.15) is 11.3 Å². The van der Waals surface area contributed by atoms with Crippen molar-refractivity contribution in [3.63, 3.8) is 0 Å². The molecule has 4 aromatic rings. The third-order valence-corrected chi connectivity index (χ3v) is 4.65. The van der Waals surface area contributed by atoms with Crippen molar-refractivity contribution >= 4 is 17.3 Å². The Kier molecular flexibility index (Phi) is 5.14. The van der Waals surface area contributed by atoms with E-state index in [1.807, 2.05) is 56.3 Å². The zero-order chi connectivity index (χ0) is 21.3. The van der Waals surface area contributed by atoms with Gasteiger partial charge in [0.1, 0.15) is 5.82 Å². The summed E-state index contributed by atoms with van der Waals surface area (Å²) in [7, 11) is 4.74. The maximum Gasteiger partial charge on any atom is 0.254 e. The van der Waals surface area contributed by atoms with Crippen molar-refractivity contribution < 1.29 is 14.2 Å². The topological polar surface area (TPSA) is 82.8 Å². The number of ether oxygens (including phenoxy) is 3. The molecule has 8 nitrogen and oxygen atoms in total. The number of rotatable bonds is 6. The average molecular weight is 405 g/mol. The van der Waals surface area contributed by atoms with E-state index in [9.17, 15) is 0 Å². The molecule has 0 fully saturated rings. The largest absolute Gasteiger partial charge is 0.493 e. The first-order chi connectivity index (χ1) is 14.5. The minimum atomic E-state index is 0.515.